The van der Waals surface area contributed by atoms with Gasteiger partial charge in [0.05, 0.1) is 6.04 Å². The highest BCUT2D eigenvalue weighted by Crippen LogP contribution is 2.28. The average Bonchev–Trinajstić information content (AvgIpc) is 2.38. The van der Waals surface area contributed by atoms with Crippen molar-refractivity contribution >= 4 is 0 Å². The van der Waals surface area contributed by atoms with Gasteiger partial charge in [0.15, 0.2) is 0 Å². The first-order chi connectivity index (χ1) is 5.55. The van der Waals surface area contributed by atoms with Crippen LogP contribution >= 0.6 is 0 Å². The standard InChI is InChI=1S/C8H16N4/c1-8(2,3)7(4-9)12-5-10-11-6-12/h5-7H,4,9H2,1-3H3. The molecule has 0 radical (unpaired) electrons. The lowest BCUT2D eigenvalue weighted by Crippen LogP contribution is -2.30. The lowest BCUT2D eigenvalue weighted by molar-refractivity contribution is 0.248. The van der Waals surface area contributed by atoms with E-state index in [0.29, 0.717) is 6.54 Å². The fourth-order valence-corrected chi connectivity index (χ4v) is 1.29. The van der Waals surface area contributed by atoms with Gasteiger partial charge in [0.2, 0.25) is 0 Å². The molecule has 0 amide bonds. The van der Waals surface area contributed by atoms with Gasteiger partial charge in [-0.15, -0.1) is 10.2 Å². The van der Waals surface area contributed by atoms with Crippen LogP contribution in [-0.2, 0) is 0 Å². The maximum Gasteiger partial charge on any atom is 0.119 e. The van der Waals surface area contributed by atoms with Crippen LogP contribution in [0.1, 0.15) is 26.8 Å². The third-order valence-corrected chi connectivity index (χ3v) is 2.02. The largest absolute Gasteiger partial charge is 0.328 e. The molecule has 1 rings (SSSR count). The fourth-order valence-electron chi connectivity index (χ4n) is 1.29. The van der Waals surface area contributed by atoms with Crippen molar-refractivity contribution in [3.05, 3.63) is 12.7 Å². The molecule has 0 saturated heterocycles. The molecule has 0 aromatic carbocycles. The second-order valence-corrected chi connectivity index (χ2v) is 4.03. The van der Waals surface area contributed by atoms with Crippen molar-refractivity contribution in [3.63, 3.8) is 0 Å². The van der Waals surface area contributed by atoms with Crippen molar-refractivity contribution in [2.24, 2.45) is 11.1 Å². The molecule has 0 aliphatic carbocycles. The zero-order valence-electron chi connectivity index (χ0n) is 7.86. The molecule has 1 aromatic rings. The van der Waals surface area contributed by atoms with Crippen molar-refractivity contribution in [3.8, 4) is 0 Å². The van der Waals surface area contributed by atoms with Gasteiger partial charge >= 0.3 is 0 Å². The van der Waals surface area contributed by atoms with Crippen LogP contribution in [0.25, 0.3) is 0 Å². The van der Waals surface area contributed by atoms with Gasteiger partial charge in [-0.05, 0) is 5.41 Å². The normalized spacial score (nSPS) is 14.7. The molecule has 1 unspecified atom stereocenters. The highest BCUT2D eigenvalue weighted by atomic mass is 15.2. The quantitative estimate of drug-likeness (QED) is 0.711. The molecule has 2 N–H and O–H groups in total. The van der Waals surface area contributed by atoms with Crippen molar-refractivity contribution < 1.29 is 0 Å². The second-order valence-electron chi connectivity index (χ2n) is 4.03. The molecule has 1 aromatic heterocycles. The van der Waals surface area contributed by atoms with Gasteiger partial charge in [-0.3, -0.25) is 0 Å². The molecule has 12 heavy (non-hydrogen) atoms. The van der Waals surface area contributed by atoms with Gasteiger partial charge < -0.3 is 10.3 Å². The lowest BCUT2D eigenvalue weighted by Gasteiger charge is -2.29. The molecule has 1 heterocycles. The van der Waals surface area contributed by atoms with E-state index >= 15 is 0 Å². The van der Waals surface area contributed by atoms with Gasteiger partial charge in [-0.2, -0.15) is 0 Å². The Balaban J connectivity index is 2.84. The molecule has 1 atom stereocenters. The highest BCUT2D eigenvalue weighted by Gasteiger charge is 2.24. The molecule has 0 fully saturated rings. The van der Waals surface area contributed by atoms with E-state index < -0.39 is 0 Å². The number of rotatable bonds is 2. The third kappa shape index (κ3) is 1.82. The summed E-state index contributed by atoms with van der Waals surface area (Å²) in [5.41, 5.74) is 5.82. The van der Waals surface area contributed by atoms with Crippen LogP contribution in [0, 0.1) is 5.41 Å². The smallest absolute Gasteiger partial charge is 0.119 e. The Bertz CT molecular complexity index is 222. The van der Waals surface area contributed by atoms with Gasteiger partial charge in [0, 0.05) is 6.54 Å². The minimum Gasteiger partial charge on any atom is -0.328 e. The van der Waals surface area contributed by atoms with Crippen LogP contribution in [0.2, 0.25) is 0 Å². The summed E-state index contributed by atoms with van der Waals surface area (Å²) < 4.78 is 1.96. The van der Waals surface area contributed by atoms with Crippen LogP contribution in [0.5, 0.6) is 0 Å². The van der Waals surface area contributed by atoms with Crippen molar-refractivity contribution in [2.75, 3.05) is 6.54 Å². The van der Waals surface area contributed by atoms with Gasteiger partial charge in [-0.25, -0.2) is 0 Å². The van der Waals surface area contributed by atoms with Crippen LogP contribution in [-0.4, -0.2) is 21.3 Å². The Labute approximate surface area is 72.8 Å². The monoisotopic (exact) mass is 168 g/mol. The number of nitrogens with two attached hydrogens (primary N) is 1. The Morgan fingerprint density at radius 1 is 1.33 bits per heavy atom. The zero-order chi connectivity index (χ0) is 9.19. The first-order valence-corrected chi connectivity index (χ1v) is 4.10. The summed E-state index contributed by atoms with van der Waals surface area (Å²) in [4.78, 5) is 0. The third-order valence-electron chi connectivity index (χ3n) is 2.02. The number of hydrogen-bond acceptors (Lipinski definition) is 3. The van der Waals surface area contributed by atoms with Crippen molar-refractivity contribution in [1.82, 2.24) is 14.8 Å². The summed E-state index contributed by atoms with van der Waals surface area (Å²) >= 11 is 0. The highest BCUT2D eigenvalue weighted by molar-refractivity contribution is 4.82. The van der Waals surface area contributed by atoms with Crippen LogP contribution in [0.3, 0.4) is 0 Å². The average molecular weight is 168 g/mol. The topological polar surface area (TPSA) is 56.7 Å². The number of nitrogens with zero attached hydrogens (tertiary/aromatic N) is 3. The molecular weight excluding hydrogens is 152 g/mol. The summed E-state index contributed by atoms with van der Waals surface area (Å²) in [6.45, 7) is 7.08. The summed E-state index contributed by atoms with van der Waals surface area (Å²) in [5, 5.41) is 7.52. The summed E-state index contributed by atoms with van der Waals surface area (Å²) in [6.07, 6.45) is 3.42. The Morgan fingerprint density at radius 3 is 2.17 bits per heavy atom. The Hall–Kier alpha value is -0.900. The predicted molar refractivity (Wildman–Crippen MR) is 47.6 cm³/mol. The molecule has 0 aliphatic heterocycles. The Kier molecular flexibility index (Phi) is 2.47. The molecular formula is C8H16N4. The predicted octanol–water partition coefficient (Wildman–Crippen LogP) is 0.824. The molecule has 68 valence electrons. The van der Waals surface area contributed by atoms with Crippen LogP contribution in [0.4, 0.5) is 0 Å². The van der Waals surface area contributed by atoms with Crippen molar-refractivity contribution in [1.29, 1.82) is 0 Å². The summed E-state index contributed by atoms with van der Waals surface area (Å²) in [6, 6.07) is 0.271. The first-order valence-electron chi connectivity index (χ1n) is 4.10. The van der Waals surface area contributed by atoms with Gasteiger partial charge in [0.1, 0.15) is 12.7 Å². The first kappa shape index (κ1) is 9.19. The second kappa shape index (κ2) is 3.23. The maximum absolute atomic E-state index is 5.67. The van der Waals surface area contributed by atoms with Crippen LogP contribution in [0.15, 0.2) is 12.7 Å². The molecule has 0 saturated carbocycles. The molecule has 4 nitrogen and oxygen atoms in total. The molecule has 0 spiro atoms. The SMILES string of the molecule is CC(C)(C)C(CN)n1cnnc1. The lowest BCUT2D eigenvalue weighted by atomic mass is 9.87. The van der Waals surface area contributed by atoms with E-state index in [4.69, 9.17) is 5.73 Å². The zero-order valence-corrected chi connectivity index (χ0v) is 7.86. The van der Waals surface area contributed by atoms with E-state index in [1.165, 1.54) is 0 Å². The summed E-state index contributed by atoms with van der Waals surface area (Å²) in [5.74, 6) is 0. The number of hydrogen-bond donors (Lipinski definition) is 1. The van der Waals surface area contributed by atoms with E-state index in [1.807, 2.05) is 4.57 Å². The minimum atomic E-state index is 0.150. The van der Waals surface area contributed by atoms with E-state index in [0.717, 1.165) is 0 Å². The minimum absolute atomic E-state index is 0.150. The van der Waals surface area contributed by atoms with E-state index in [-0.39, 0.29) is 11.5 Å². The van der Waals surface area contributed by atoms with E-state index in [9.17, 15) is 0 Å². The van der Waals surface area contributed by atoms with E-state index in [1.54, 1.807) is 12.7 Å². The Morgan fingerprint density at radius 2 is 1.83 bits per heavy atom. The van der Waals surface area contributed by atoms with Gasteiger partial charge in [-0.1, -0.05) is 20.8 Å². The maximum atomic E-state index is 5.67. The van der Waals surface area contributed by atoms with E-state index in [2.05, 4.69) is 31.0 Å². The molecule has 4 heteroatoms. The summed E-state index contributed by atoms with van der Waals surface area (Å²) in [7, 11) is 0. The van der Waals surface area contributed by atoms with Gasteiger partial charge in [0.25, 0.3) is 0 Å². The van der Waals surface area contributed by atoms with Crippen molar-refractivity contribution in [2.45, 2.75) is 26.8 Å². The fraction of sp³-hybridized carbons (Fsp3) is 0.750. The molecule has 0 bridgehead atoms. The number of aromatic nitrogens is 3. The molecule has 0 aliphatic rings. The van der Waals surface area contributed by atoms with Crippen LogP contribution < -0.4 is 5.73 Å².